The molecule has 0 aliphatic heterocycles. The largest absolute Gasteiger partial charge is 0.495 e. The fourth-order valence-corrected chi connectivity index (χ4v) is 1.78. The van der Waals surface area contributed by atoms with Gasteiger partial charge in [-0.1, -0.05) is 11.6 Å². The lowest BCUT2D eigenvalue weighted by molar-refractivity contribution is 0.413. The molecule has 1 aromatic rings. The maximum Gasteiger partial charge on any atom is 0.142 e. The Morgan fingerprint density at radius 1 is 1.55 bits per heavy atom. The molecule has 1 heterocycles. The summed E-state index contributed by atoms with van der Waals surface area (Å²) in [5.41, 5.74) is 0. The number of ether oxygens (including phenoxy) is 1. The monoisotopic (exact) mass is 299 g/mol. The molecule has 0 saturated carbocycles. The van der Waals surface area contributed by atoms with Crippen molar-refractivity contribution in [3.05, 3.63) is 20.3 Å². The van der Waals surface area contributed by atoms with E-state index in [9.17, 15) is 0 Å². The number of halogens is 3. The van der Waals surface area contributed by atoms with Crippen LogP contribution in [-0.2, 0) is 0 Å². The molecule has 0 saturated heterocycles. The lowest BCUT2D eigenvalue weighted by Crippen LogP contribution is -1.87. The second-order valence-electron chi connectivity index (χ2n) is 1.75. The average Bonchev–Trinajstić information content (AvgIpc) is 1.96. The van der Waals surface area contributed by atoms with Crippen molar-refractivity contribution < 1.29 is 4.74 Å². The van der Waals surface area contributed by atoms with Crippen LogP contribution in [0.4, 0.5) is 0 Å². The molecule has 0 bridgehead atoms. The summed E-state index contributed by atoms with van der Waals surface area (Å²) in [6.07, 6.45) is 0. The van der Waals surface area contributed by atoms with Gasteiger partial charge < -0.3 is 4.74 Å². The van der Waals surface area contributed by atoms with Crippen LogP contribution in [0.5, 0.6) is 5.75 Å². The standard InChI is InChI=1S/C6H4Br2ClNO/c1-11-3-2-4(7)10-6(8)5(3)9/h2H,1H3. The van der Waals surface area contributed by atoms with Crippen molar-refractivity contribution in [2.75, 3.05) is 7.11 Å². The molecule has 0 radical (unpaired) electrons. The summed E-state index contributed by atoms with van der Waals surface area (Å²) in [7, 11) is 1.56. The topological polar surface area (TPSA) is 22.1 Å². The fourth-order valence-electron chi connectivity index (χ4n) is 0.597. The molecule has 0 spiro atoms. The normalized spacial score (nSPS) is 9.82. The summed E-state index contributed by atoms with van der Waals surface area (Å²) in [4.78, 5) is 4.00. The molecule has 0 unspecified atom stereocenters. The van der Waals surface area contributed by atoms with Gasteiger partial charge in [-0.2, -0.15) is 0 Å². The lowest BCUT2D eigenvalue weighted by Gasteiger charge is -2.03. The molecule has 1 aromatic heterocycles. The number of methoxy groups -OCH3 is 1. The maximum absolute atomic E-state index is 5.81. The van der Waals surface area contributed by atoms with Gasteiger partial charge in [0.15, 0.2) is 0 Å². The van der Waals surface area contributed by atoms with E-state index in [1.807, 2.05) is 0 Å². The zero-order valence-electron chi connectivity index (χ0n) is 5.57. The van der Waals surface area contributed by atoms with Crippen LogP contribution in [0.15, 0.2) is 15.3 Å². The van der Waals surface area contributed by atoms with Crippen molar-refractivity contribution in [2.24, 2.45) is 0 Å². The van der Waals surface area contributed by atoms with E-state index >= 15 is 0 Å². The Morgan fingerprint density at radius 2 is 2.18 bits per heavy atom. The summed E-state index contributed by atoms with van der Waals surface area (Å²) < 4.78 is 6.23. The Kier molecular flexibility index (Phi) is 3.16. The summed E-state index contributed by atoms with van der Waals surface area (Å²) in [5.74, 6) is 0.598. The van der Waals surface area contributed by atoms with E-state index in [0.717, 1.165) is 0 Å². The number of hydrogen-bond donors (Lipinski definition) is 0. The first-order valence-corrected chi connectivity index (χ1v) is 4.67. The van der Waals surface area contributed by atoms with Gasteiger partial charge in [0.05, 0.1) is 7.11 Å². The first-order chi connectivity index (χ1) is 5.15. The Morgan fingerprint density at radius 3 is 2.73 bits per heavy atom. The molecule has 0 aromatic carbocycles. The van der Waals surface area contributed by atoms with Gasteiger partial charge in [0.1, 0.15) is 20.0 Å². The Hall–Kier alpha value is 0.200. The average molecular weight is 301 g/mol. The molecule has 5 heteroatoms. The fraction of sp³-hybridized carbons (Fsp3) is 0.167. The minimum atomic E-state index is 0.482. The number of pyridine rings is 1. The quantitative estimate of drug-likeness (QED) is 0.743. The zero-order chi connectivity index (χ0) is 8.43. The van der Waals surface area contributed by atoms with Gasteiger partial charge in [-0.05, 0) is 31.9 Å². The van der Waals surface area contributed by atoms with Gasteiger partial charge in [-0.15, -0.1) is 0 Å². The molecule has 0 aliphatic rings. The molecule has 0 atom stereocenters. The van der Waals surface area contributed by atoms with E-state index in [-0.39, 0.29) is 0 Å². The first-order valence-electron chi connectivity index (χ1n) is 2.70. The molecule has 60 valence electrons. The molecular weight excluding hydrogens is 297 g/mol. The zero-order valence-corrected chi connectivity index (χ0v) is 9.49. The van der Waals surface area contributed by atoms with Crippen LogP contribution in [0.3, 0.4) is 0 Å². The highest BCUT2D eigenvalue weighted by Crippen LogP contribution is 2.32. The van der Waals surface area contributed by atoms with Crippen molar-refractivity contribution >= 4 is 43.5 Å². The molecule has 0 amide bonds. The van der Waals surface area contributed by atoms with Crippen molar-refractivity contribution in [2.45, 2.75) is 0 Å². The van der Waals surface area contributed by atoms with Gasteiger partial charge in [-0.25, -0.2) is 4.98 Å². The minimum absolute atomic E-state index is 0.482. The molecule has 11 heavy (non-hydrogen) atoms. The van der Waals surface area contributed by atoms with E-state index in [0.29, 0.717) is 20.0 Å². The molecule has 1 rings (SSSR count). The Bertz CT molecular complexity index is 280. The predicted octanol–water partition coefficient (Wildman–Crippen LogP) is 3.27. The lowest BCUT2D eigenvalue weighted by atomic mass is 10.4. The van der Waals surface area contributed by atoms with E-state index < -0.39 is 0 Å². The van der Waals surface area contributed by atoms with Gasteiger partial charge in [0.25, 0.3) is 0 Å². The molecule has 0 fully saturated rings. The summed E-state index contributed by atoms with van der Waals surface area (Å²) >= 11 is 12.2. The van der Waals surface area contributed by atoms with Gasteiger partial charge >= 0.3 is 0 Å². The van der Waals surface area contributed by atoms with Crippen molar-refractivity contribution in [1.82, 2.24) is 4.98 Å². The highest BCUT2D eigenvalue weighted by Gasteiger charge is 2.06. The highest BCUT2D eigenvalue weighted by molar-refractivity contribution is 9.11. The second kappa shape index (κ2) is 3.74. The molecule has 0 aliphatic carbocycles. The van der Waals surface area contributed by atoms with Gasteiger partial charge in [0.2, 0.25) is 0 Å². The number of rotatable bonds is 1. The van der Waals surface area contributed by atoms with E-state index in [2.05, 4.69) is 36.8 Å². The SMILES string of the molecule is COc1cc(Br)nc(Br)c1Cl. The minimum Gasteiger partial charge on any atom is -0.495 e. The summed E-state index contributed by atoms with van der Waals surface area (Å²) in [5, 5.41) is 0.482. The summed E-state index contributed by atoms with van der Waals surface area (Å²) in [6.45, 7) is 0. The third-order valence-electron chi connectivity index (χ3n) is 1.07. The van der Waals surface area contributed by atoms with Crippen LogP contribution in [0.2, 0.25) is 5.02 Å². The highest BCUT2D eigenvalue weighted by atomic mass is 79.9. The number of hydrogen-bond acceptors (Lipinski definition) is 2. The van der Waals surface area contributed by atoms with Gasteiger partial charge in [0, 0.05) is 6.07 Å². The van der Waals surface area contributed by atoms with Crippen molar-refractivity contribution in [3.63, 3.8) is 0 Å². The van der Waals surface area contributed by atoms with E-state index in [4.69, 9.17) is 16.3 Å². The third-order valence-corrected chi connectivity index (χ3v) is 2.65. The number of nitrogens with zero attached hydrogens (tertiary/aromatic N) is 1. The van der Waals surface area contributed by atoms with Crippen LogP contribution in [0.1, 0.15) is 0 Å². The smallest absolute Gasteiger partial charge is 0.142 e. The first kappa shape index (κ1) is 9.29. The molecule has 2 nitrogen and oxygen atoms in total. The second-order valence-corrected chi connectivity index (χ2v) is 3.69. The third kappa shape index (κ3) is 2.07. The van der Waals surface area contributed by atoms with E-state index in [1.54, 1.807) is 13.2 Å². The van der Waals surface area contributed by atoms with E-state index in [1.165, 1.54) is 0 Å². The van der Waals surface area contributed by atoms with Crippen LogP contribution in [-0.4, -0.2) is 12.1 Å². The maximum atomic E-state index is 5.81. The summed E-state index contributed by atoms with van der Waals surface area (Å²) in [6, 6.07) is 1.70. The van der Waals surface area contributed by atoms with Crippen LogP contribution >= 0.6 is 43.5 Å². The van der Waals surface area contributed by atoms with Crippen LogP contribution in [0.25, 0.3) is 0 Å². The van der Waals surface area contributed by atoms with Crippen molar-refractivity contribution in [1.29, 1.82) is 0 Å². The van der Waals surface area contributed by atoms with Crippen LogP contribution < -0.4 is 4.74 Å². The number of aromatic nitrogens is 1. The Labute approximate surface area is 86.2 Å². The predicted molar refractivity (Wildman–Crippen MR) is 51.2 cm³/mol. The van der Waals surface area contributed by atoms with Gasteiger partial charge in [-0.3, -0.25) is 0 Å². The Balaban J connectivity index is 3.24. The van der Waals surface area contributed by atoms with Crippen molar-refractivity contribution in [3.8, 4) is 5.75 Å². The molecular formula is C6H4Br2ClNO. The molecule has 0 N–H and O–H groups in total. The van der Waals surface area contributed by atoms with Crippen LogP contribution in [0, 0.1) is 0 Å².